The summed E-state index contributed by atoms with van der Waals surface area (Å²) in [6, 6.07) is 4.85. The van der Waals surface area contributed by atoms with Crippen molar-refractivity contribution in [2.45, 2.75) is 25.7 Å². The highest BCUT2D eigenvalue weighted by Crippen LogP contribution is 2.19. The average Bonchev–Trinajstić information content (AvgIpc) is 2.23. The number of sulfonamides is 1. The molecule has 3 N–H and O–H groups in total. The molecule has 0 aliphatic heterocycles. The third-order valence-electron chi connectivity index (χ3n) is 2.87. The Kier molecular flexibility index (Phi) is 5.18. The van der Waals surface area contributed by atoms with Crippen LogP contribution in [-0.2, 0) is 10.0 Å². The van der Waals surface area contributed by atoms with Crippen molar-refractivity contribution in [3.05, 3.63) is 23.8 Å². The summed E-state index contributed by atoms with van der Waals surface area (Å²) in [5, 5.41) is 0. The number of rotatable bonds is 6. The average molecular weight is 299 g/mol. The maximum absolute atomic E-state index is 12.3. The Bertz CT molecular complexity index is 546. The predicted molar refractivity (Wildman–Crippen MR) is 83.1 cm³/mol. The van der Waals surface area contributed by atoms with E-state index in [2.05, 4.69) is 4.72 Å². The third kappa shape index (κ3) is 5.11. The minimum absolute atomic E-state index is 0.147. The zero-order chi connectivity index (χ0) is 15.6. The lowest BCUT2D eigenvalue weighted by Crippen LogP contribution is -2.39. The van der Waals surface area contributed by atoms with Gasteiger partial charge in [-0.1, -0.05) is 13.8 Å². The van der Waals surface area contributed by atoms with Crippen LogP contribution in [0.4, 0.5) is 5.69 Å². The number of nitrogens with one attached hydrogen (secondary N) is 1. The summed E-state index contributed by atoms with van der Waals surface area (Å²) in [5.74, 6) is 0. The first-order valence-corrected chi connectivity index (χ1v) is 8.02. The second-order valence-corrected chi connectivity index (χ2v) is 8.07. The van der Waals surface area contributed by atoms with E-state index in [0.717, 1.165) is 12.1 Å². The van der Waals surface area contributed by atoms with Crippen LogP contribution in [0.3, 0.4) is 0 Å². The fourth-order valence-electron chi connectivity index (χ4n) is 2.22. The Hall–Kier alpha value is -1.11. The van der Waals surface area contributed by atoms with Gasteiger partial charge in [0, 0.05) is 18.8 Å². The van der Waals surface area contributed by atoms with E-state index in [1.807, 2.05) is 39.8 Å². The van der Waals surface area contributed by atoms with E-state index in [-0.39, 0.29) is 10.3 Å². The minimum atomic E-state index is -3.52. The Morgan fingerprint density at radius 1 is 1.25 bits per heavy atom. The van der Waals surface area contributed by atoms with Crippen molar-refractivity contribution in [2.24, 2.45) is 5.41 Å². The van der Waals surface area contributed by atoms with Crippen LogP contribution in [0.25, 0.3) is 0 Å². The van der Waals surface area contributed by atoms with Crippen LogP contribution in [0.2, 0.25) is 0 Å². The molecule has 0 saturated heterocycles. The van der Waals surface area contributed by atoms with E-state index in [4.69, 9.17) is 5.73 Å². The molecule has 0 unspecified atom stereocenters. The first-order chi connectivity index (χ1) is 9.02. The van der Waals surface area contributed by atoms with Crippen molar-refractivity contribution < 1.29 is 8.42 Å². The molecule has 0 radical (unpaired) electrons. The van der Waals surface area contributed by atoms with Gasteiger partial charge in [0.25, 0.3) is 0 Å². The molecule has 114 valence electrons. The molecule has 0 fully saturated rings. The van der Waals surface area contributed by atoms with Crippen LogP contribution in [-0.4, -0.2) is 40.5 Å². The molecule has 1 aromatic carbocycles. The van der Waals surface area contributed by atoms with Crippen molar-refractivity contribution in [1.82, 2.24) is 9.62 Å². The molecule has 0 heterocycles. The zero-order valence-electron chi connectivity index (χ0n) is 12.9. The predicted octanol–water partition coefficient (Wildman–Crippen LogP) is 1.44. The highest BCUT2D eigenvalue weighted by Gasteiger charge is 2.23. The monoisotopic (exact) mass is 299 g/mol. The molecular formula is C14H25N3O2S. The topological polar surface area (TPSA) is 75.4 Å². The SMILES string of the molecule is Cc1cc(N)cc(S(=O)(=O)NCC(C)(C)CN(C)C)c1. The number of aryl methyl sites for hydroxylation is 1. The fourth-order valence-corrected chi connectivity index (χ4v) is 3.60. The lowest BCUT2D eigenvalue weighted by Gasteiger charge is -2.28. The molecular weight excluding hydrogens is 274 g/mol. The molecule has 0 spiro atoms. The van der Waals surface area contributed by atoms with Crippen LogP contribution >= 0.6 is 0 Å². The largest absolute Gasteiger partial charge is 0.399 e. The smallest absolute Gasteiger partial charge is 0.240 e. The Balaban J connectivity index is 2.85. The van der Waals surface area contributed by atoms with Crippen LogP contribution in [0.5, 0.6) is 0 Å². The Labute approximate surface area is 122 Å². The van der Waals surface area contributed by atoms with Crippen LogP contribution in [0, 0.1) is 12.3 Å². The van der Waals surface area contributed by atoms with Crippen molar-refractivity contribution >= 4 is 15.7 Å². The van der Waals surface area contributed by atoms with Gasteiger partial charge >= 0.3 is 0 Å². The van der Waals surface area contributed by atoms with E-state index >= 15 is 0 Å². The van der Waals surface area contributed by atoms with Crippen LogP contribution < -0.4 is 10.5 Å². The molecule has 0 amide bonds. The molecule has 1 rings (SSSR count). The quantitative estimate of drug-likeness (QED) is 0.780. The molecule has 0 atom stereocenters. The van der Waals surface area contributed by atoms with Gasteiger partial charge in [0.1, 0.15) is 0 Å². The highest BCUT2D eigenvalue weighted by atomic mass is 32.2. The summed E-state index contributed by atoms with van der Waals surface area (Å²) < 4.78 is 27.2. The van der Waals surface area contributed by atoms with Gasteiger partial charge in [0.2, 0.25) is 10.0 Å². The number of anilines is 1. The van der Waals surface area contributed by atoms with Gasteiger partial charge in [-0.05, 0) is 50.2 Å². The van der Waals surface area contributed by atoms with Gasteiger partial charge in [-0.2, -0.15) is 0 Å². The number of hydrogen-bond acceptors (Lipinski definition) is 4. The molecule has 6 heteroatoms. The second kappa shape index (κ2) is 6.11. The van der Waals surface area contributed by atoms with Gasteiger partial charge in [0.05, 0.1) is 4.90 Å². The number of benzene rings is 1. The lowest BCUT2D eigenvalue weighted by molar-refractivity contribution is 0.242. The van der Waals surface area contributed by atoms with E-state index in [0.29, 0.717) is 12.2 Å². The molecule has 0 bridgehead atoms. The highest BCUT2D eigenvalue weighted by molar-refractivity contribution is 7.89. The first kappa shape index (κ1) is 16.9. The number of nitrogens with two attached hydrogens (primary N) is 1. The summed E-state index contributed by atoms with van der Waals surface area (Å²) in [5.41, 5.74) is 6.85. The third-order valence-corrected chi connectivity index (χ3v) is 4.25. The molecule has 1 aromatic rings. The van der Waals surface area contributed by atoms with Crippen molar-refractivity contribution in [3.63, 3.8) is 0 Å². The van der Waals surface area contributed by atoms with Crippen molar-refractivity contribution in [3.8, 4) is 0 Å². The van der Waals surface area contributed by atoms with Gasteiger partial charge in [-0.3, -0.25) is 0 Å². The van der Waals surface area contributed by atoms with Crippen LogP contribution in [0.15, 0.2) is 23.1 Å². The summed E-state index contributed by atoms with van der Waals surface area (Å²) in [6.07, 6.45) is 0. The van der Waals surface area contributed by atoms with E-state index < -0.39 is 10.0 Å². The van der Waals surface area contributed by atoms with E-state index in [1.54, 1.807) is 12.1 Å². The summed E-state index contributed by atoms with van der Waals surface area (Å²) in [7, 11) is 0.417. The molecule has 0 aliphatic rings. The van der Waals surface area contributed by atoms with Crippen molar-refractivity contribution in [1.29, 1.82) is 0 Å². The Morgan fingerprint density at radius 2 is 1.85 bits per heavy atom. The maximum atomic E-state index is 12.3. The van der Waals surface area contributed by atoms with Gasteiger partial charge in [0.15, 0.2) is 0 Å². The lowest BCUT2D eigenvalue weighted by atomic mass is 9.93. The first-order valence-electron chi connectivity index (χ1n) is 6.53. The Morgan fingerprint density at radius 3 is 2.35 bits per heavy atom. The number of hydrogen-bond donors (Lipinski definition) is 2. The molecule has 0 aromatic heterocycles. The van der Waals surface area contributed by atoms with Gasteiger partial charge in [-0.25, -0.2) is 13.1 Å². The fraction of sp³-hybridized carbons (Fsp3) is 0.571. The summed E-state index contributed by atoms with van der Waals surface area (Å²) in [4.78, 5) is 2.26. The van der Waals surface area contributed by atoms with Gasteiger partial charge in [-0.15, -0.1) is 0 Å². The second-order valence-electron chi connectivity index (χ2n) is 6.31. The number of nitrogens with zero attached hydrogens (tertiary/aromatic N) is 1. The summed E-state index contributed by atoms with van der Waals surface area (Å²) >= 11 is 0. The van der Waals surface area contributed by atoms with E-state index in [1.165, 1.54) is 6.07 Å². The van der Waals surface area contributed by atoms with Gasteiger partial charge < -0.3 is 10.6 Å². The van der Waals surface area contributed by atoms with Crippen molar-refractivity contribution in [2.75, 3.05) is 32.9 Å². The normalized spacial score (nSPS) is 12.9. The zero-order valence-corrected chi connectivity index (χ0v) is 13.7. The standard InChI is InChI=1S/C14H25N3O2S/c1-11-6-12(15)8-13(7-11)20(18,19)16-9-14(2,3)10-17(4)5/h6-8,16H,9-10,15H2,1-5H3. The number of nitrogen functional groups attached to an aromatic ring is 1. The molecule has 0 aliphatic carbocycles. The minimum Gasteiger partial charge on any atom is -0.399 e. The molecule has 20 heavy (non-hydrogen) atoms. The van der Waals surface area contributed by atoms with Crippen LogP contribution in [0.1, 0.15) is 19.4 Å². The summed E-state index contributed by atoms with van der Waals surface area (Å²) in [6.45, 7) is 7.05. The maximum Gasteiger partial charge on any atom is 0.240 e. The molecule has 0 saturated carbocycles. The molecule has 5 nitrogen and oxygen atoms in total. The van der Waals surface area contributed by atoms with E-state index in [9.17, 15) is 8.42 Å².